The maximum Gasteiger partial charge on any atom is 0.157 e. The van der Waals surface area contributed by atoms with Gasteiger partial charge in [0.25, 0.3) is 0 Å². The van der Waals surface area contributed by atoms with Gasteiger partial charge in [0, 0.05) is 12.6 Å². The molecule has 1 aliphatic heterocycles. The first-order valence-corrected chi connectivity index (χ1v) is 8.96. The van der Waals surface area contributed by atoms with Crippen LogP contribution in [0.15, 0.2) is 24.3 Å². The number of fused-ring (bicyclic) bond motifs is 1. The molecule has 0 amide bonds. The third-order valence-corrected chi connectivity index (χ3v) is 6.70. The van der Waals surface area contributed by atoms with Gasteiger partial charge in [0.1, 0.15) is 0 Å². The molecule has 3 rings (SSSR count). The number of nitrogens with two attached hydrogens (primary N) is 1. The molecule has 1 fully saturated rings. The highest BCUT2D eigenvalue weighted by Gasteiger charge is 2.37. The summed E-state index contributed by atoms with van der Waals surface area (Å²) in [6.45, 7) is 0.680. The molecular weight excluding hydrogens is 274 g/mol. The van der Waals surface area contributed by atoms with Gasteiger partial charge in [-0.05, 0) is 36.8 Å². The van der Waals surface area contributed by atoms with Gasteiger partial charge < -0.3 is 10.5 Å². The average Bonchev–Trinajstić information content (AvgIpc) is 2.91. The Hall–Kier alpha value is -0.910. The van der Waals surface area contributed by atoms with E-state index in [1.165, 1.54) is 5.56 Å². The van der Waals surface area contributed by atoms with E-state index in [2.05, 4.69) is 0 Å². The van der Waals surface area contributed by atoms with Crippen molar-refractivity contribution in [1.82, 2.24) is 0 Å². The van der Waals surface area contributed by atoms with Gasteiger partial charge in [-0.1, -0.05) is 24.3 Å². The Labute approximate surface area is 120 Å². The highest BCUT2D eigenvalue weighted by Crippen LogP contribution is 2.33. The van der Waals surface area contributed by atoms with E-state index < -0.39 is 21.1 Å². The summed E-state index contributed by atoms with van der Waals surface area (Å²) in [5.74, 6) is 0.119. The Kier molecular flexibility index (Phi) is 3.84. The first-order valence-electron chi connectivity index (χ1n) is 7.24. The van der Waals surface area contributed by atoms with Crippen LogP contribution in [0.25, 0.3) is 0 Å². The standard InChI is InChI=1S/C15H21NO3S/c16-15-13-6-2-1-4-11(13)7-8-14(15)20(17,18)10-12-5-3-9-19-12/h1-2,4,6,12,14-15H,3,5,7-10,16H2. The molecule has 3 atom stereocenters. The van der Waals surface area contributed by atoms with Gasteiger partial charge in [0.05, 0.1) is 17.1 Å². The number of ether oxygens (including phenoxy) is 1. The van der Waals surface area contributed by atoms with E-state index >= 15 is 0 Å². The SMILES string of the molecule is NC1c2ccccc2CCC1S(=O)(=O)CC1CCCO1. The van der Waals surface area contributed by atoms with Crippen LogP contribution >= 0.6 is 0 Å². The van der Waals surface area contributed by atoms with Crippen molar-refractivity contribution in [3.63, 3.8) is 0 Å². The first kappa shape index (κ1) is 14.0. The van der Waals surface area contributed by atoms with E-state index in [0.717, 1.165) is 24.8 Å². The number of benzene rings is 1. The summed E-state index contributed by atoms with van der Waals surface area (Å²) in [4.78, 5) is 0. The largest absolute Gasteiger partial charge is 0.377 e. The fourth-order valence-electron chi connectivity index (χ4n) is 3.33. The van der Waals surface area contributed by atoms with Crippen molar-refractivity contribution in [3.8, 4) is 0 Å². The molecule has 1 saturated heterocycles. The van der Waals surface area contributed by atoms with Gasteiger partial charge >= 0.3 is 0 Å². The van der Waals surface area contributed by atoms with Crippen LogP contribution in [0.2, 0.25) is 0 Å². The maximum atomic E-state index is 12.6. The van der Waals surface area contributed by atoms with Gasteiger partial charge in [-0.3, -0.25) is 0 Å². The molecule has 0 bridgehead atoms. The number of hydrogen-bond acceptors (Lipinski definition) is 4. The predicted octanol–water partition coefficient (Wildman–Crippen LogP) is 1.60. The number of rotatable bonds is 3. The van der Waals surface area contributed by atoms with Crippen LogP contribution in [0.3, 0.4) is 0 Å². The summed E-state index contributed by atoms with van der Waals surface area (Å²) in [6.07, 6.45) is 3.08. The molecule has 1 aromatic carbocycles. The number of aryl methyl sites for hydroxylation is 1. The van der Waals surface area contributed by atoms with E-state index in [1.54, 1.807) is 0 Å². The molecular formula is C15H21NO3S. The first-order chi connectivity index (χ1) is 9.58. The summed E-state index contributed by atoms with van der Waals surface area (Å²) >= 11 is 0. The minimum absolute atomic E-state index is 0.119. The summed E-state index contributed by atoms with van der Waals surface area (Å²) < 4.78 is 30.7. The van der Waals surface area contributed by atoms with Crippen molar-refractivity contribution >= 4 is 9.84 Å². The quantitative estimate of drug-likeness (QED) is 0.919. The van der Waals surface area contributed by atoms with E-state index in [1.807, 2.05) is 24.3 Å². The van der Waals surface area contributed by atoms with Crippen molar-refractivity contribution in [1.29, 1.82) is 0 Å². The van der Waals surface area contributed by atoms with Gasteiger partial charge in [0.2, 0.25) is 0 Å². The lowest BCUT2D eigenvalue weighted by atomic mass is 9.88. The molecule has 2 N–H and O–H groups in total. The maximum absolute atomic E-state index is 12.6. The minimum Gasteiger partial charge on any atom is -0.377 e. The van der Waals surface area contributed by atoms with Crippen molar-refractivity contribution in [3.05, 3.63) is 35.4 Å². The van der Waals surface area contributed by atoms with Crippen LogP contribution in [-0.2, 0) is 21.0 Å². The molecule has 1 aromatic rings. The molecule has 0 radical (unpaired) electrons. The zero-order valence-electron chi connectivity index (χ0n) is 11.5. The van der Waals surface area contributed by atoms with Crippen molar-refractivity contribution in [2.24, 2.45) is 5.73 Å². The lowest BCUT2D eigenvalue weighted by molar-refractivity contribution is 0.127. The van der Waals surface area contributed by atoms with Crippen LogP contribution in [0.1, 0.15) is 36.4 Å². The molecule has 0 spiro atoms. The second-order valence-corrected chi connectivity index (χ2v) is 8.03. The predicted molar refractivity (Wildman–Crippen MR) is 78.2 cm³/mol. The zero-order valence-corrected chi connectivity index (χ0v) is 12.3. The van der Waals surface area contributed by atoms with Gasteiger partial charge in [0.15, 0.2) is 9.84 Å². The topological polar surface area (TPSA) is 69.4 Å². The molecule has 0 saturated carbocycles. The molecule has 5 heteroatoms. The fraction of sp³-hybridized carbons (Fsp3) is 0.600. The van der Waals surface area contributed by atoms with Crippen LogP contribution in [0.5, 0.6) is 0 Å². The molecule has 1 aliphatic carbocycles. The highest BCUT2D eigenvalue weighted by molar-refractivity contribution is 7.92. The third-order valence-electron chi connectivity index (χ3n) is 4.42. The smallest absolute Gasteiger partial charge is 0.157 e. The van der Waals surface area contributed by atoms with Crippen LogP contribution in [-0.4, -0.2) is 32.1 Å². The number of hydrogen-bond donors (Lipinski definition) is 1. The number of sulfone groups is 1. The molecule has 20 heavy (non-hydrogen) atoms. The second-order valence-electron chi connectivity index (χ2n) is 5.77. The summed E-state index contributed by atoms with van der Waals surface area (Å²) in [7, 11) is -3.21. The summed E-state index contributed by atoms with van der Waals surface area (Å²) in [6, 6.07) is 7.48. The monoisotopic (exact) mass is 295 g/mol. The fourth-order valence-corrected chi connectivity index (χ4v) is 5.42. The molecule has 1 heterocycles. The minimum atomic E-state index is -3.21. The average molecular weight is 295 g/mol. The zero-order chi connectivity index (χ0) is 14.2. The Morgan fingerprint density at radius 2 is 2.05 bits per heavy atom. The van der Waals surface area contributed by atoms with E-state index in [0.29, 0.717) is 13.0 Å². The van der Waals surface area contributed by atoms with Crippen LogP contribution in [0, 0.1) is 0 Å². The van der Waals surface area contributed by atoms with Gasteiger partial charge in [-0.25, -0.2) is 8.42 Å². The Morgan fingerprint density at radius 1 is 1.25 bits per heavy atom. The lowest BCUT2D eigenvalue weighted by Gasteiger charge is -2.31. The van der Waals surface area contributed by atoms with Crippen LogP contribution < -0.4 is 5.73 Å². The Morgan fingerprint density at radius 3 is 2.80 bits per heavy atom. The van der Waals surface area contributed by atoms with Gasteiger partial charge in [-0.2, -0.15) is 0 Å². The van der Waals surface area contributed by atoms with E-state index in [-0.39, 0.29) is 11.9 Å². The Balaban J connectivity index is 1.80. The van der Waals surface area contributed by atoms with E-state index in [9.17, 15) is 8.42 Å². The lowest BCUT2D eigenvalue weighted by Crippen LogP contribution is -2.40. The normalized spacial score (nSPS) is 30.1. The molecule has 110 valence electrons. The molecule has 0 aromatic heterocycles. The van der Waals surface area contributed by atoms with E-state index in [4.69, 9.17) is 10.5 Å². The molecule has 4 nitrogen and oxygen atoms in total. The summed E-state index contributed by atoms with van der Waals surface area (Å²) in [5.41, 5.74) is 8.40. The molecule has 3 unspecified atom stereocenters. The highest BCUT2D eigenvalue weighted by atomic mass is 32.2. The van der Waals surface area contributed by atoms with Crippen molar-refractivity contribution in [2.75, 3.05) is 12.4 Å². The second kappa shape index (κ2) is 5.47. The van der Waals surface area contributed by atoms with Crippen LogP contribution in [0.4, 0.5) is 0 Å². The van der Waals surface area contributed by atoms with Crippen molar-refractivity contribution < 1.29 is 13.2 Å². The molecule has 2 aliphatic rings. The third kappa shape index (κ3) is 2.62. The van der Waals surface area contributed by atoms with Gasteiger partial charge in [-0.15, -0.1) is 0 Å². The summed E-state index contributed by atoms with van der Waals surface area (Å²) in [5, 5.41) is -0.471. The van der Waals surface area contributed by atoms with Crippen molar-refractivity contribution in [2.45, 2.75) is 43.1 Å². The Bertz CT molecular complexity index is 579.